The van der Waals surface area contributed by atoms with Crippen molar-refractivity contribution in [2.45, 2.75) is 18.9 Å². The SMILES string of the molecule is Cn1ccnc1CCC(NN)c1cccc(I)c1. The van der Waals surface area contributed by atoms with Crippen LogP contribution in [0.15, 0.2) is 36.7 Å². The van der Waals surface area contributed by atoms with E-state index in [-0.39, 0.29) is 6.04 Å². The van der Waals surface area contributed by atoms with Crippen LogP contribution >= 0.6 is 22.6 Å². The lowest BCUT2D eigenvalue weighted by Gasteiger charge is -2.16. The van der Waals surface area contributed by atoms with Crippen LogP contribution in [-0.2, 0) is 13.5 Å². The number of rotatable bonds is 5. The lowest BCUT2D eigenvalue weighted by atomic mass is 10.0. The van der Waals surface area contributed by atoms with Gasteiger partial charge in [0.2, 0.25) is 0 Å². The van der Waals surface area contributed by atoms with Gasteiger partial charge in [-0.2, -0.15) is 0 Å². The van der Waals surface area contributed by atoms with E-state index in [9.17, 15) is 0 Å². The maximum absolute atomic E-state index is 5.65. The largest absolute Gasteiger partial charge is 0.338 e. The first-order valence-corrected chi connectivity index (χ1v) is 6.96. The lowest BCUT2D eigenvalue weighted by molar-refractivity contribution is 0.506. The van der Waals surface area contributed by atoms with Gasteiger partial charge in [-0.25, -0.2) is 4.98 Å². The molecule has 1 heterocycles. The topological polar surface area (TPSA) is 55.9 Å². The minimum Gasteiger partial charge on any atom is -0.338 e. The van der Waals surface area contributed by atoms with Gasteiger partial charge in [-0.3, -0.25) is 11.3 Å². The molecule has 4 nitrogen and oxygen atoms in total. The van der Waals surface area contributed by atoms with Crippen LogP contribution in [0.3, 0.4) is 0 Å². The first kappa shape index (κ1) is 13.5. The van der Waals surface area contributed by atoms with Gasteiger partial charge in [-0.05, 0) is 46.7 Å². The zero-order chi connectivity index (χ0) is 13.0. The Kier molecular flexibility index (Phi) is 4.73. The highest BCUT2D eigenvalue weighted by Crippen LogP contribution is 2.19. The molecule has 0 bridgehead atoms. The number of aryl methyl sites for hydroxylation is 2. The van der Waals surface area contributed by atoms with E-state index in [4.69, 9.17) is 5.84 Å². The Balaban J connectivity index is 2.04. The van der Waals surface area contributed by atoms with E-state index in [0.29, 0.717) is 0 Å². The molecule has 3 N–H and O–H groups in total. The first-order valence-electron chi connectivity index (χ1n) is 5.88. The van der Waals surface area contributed by atoms with Crippen molar-refractivity contribution in [3.63, 3.8) is 0 Å². The number of halogens is 1. The number of hydrogen-bond acceptors (Lipinski definition) is 3. The van der Waals surface area contributed by atoms with E-state index in [1.807, 2.05) is 24.0 Å². The molecule has 0 radical (unpaired) electrons. The molecular weight excluding hydrogens is 339 g/mol. The summed E-state index contributed by atoms with van der Waals surface area (Å²) in [7, 11) is 2.01. The Morgan fingerprint density at radius 1 is 1.50 bits per heavy atom. The number of nitrogens with one attached hydrogen (secondary N) is 1. The quantitative estimate of drug-likeness (QED) is 0.491. The smallest absolute Gasteiger partial charge is 0.108 e. The van der Waals surface area contributed by atoms with Gasteiger partial charge in [0.15, 0.2) is 0 Å². The first-order chi connectivity index (χ1) is 8.70. The van der Waals surface area contributed by atoms with Gasteiger partial charge in [0, 0.05) is 35.5 Å². The van der Waals surface area contributed by atoms with Crippen molar-refractivity contribution in [1.29, 1.82) is 0 Å². The van der Waals surface area contributed by atoms with E-state index in [1.54, 1.807) is 0 Å². The Hall–Kier alpha value is -0.920. The number of imidazole rings is 1. The molecular formula is C13H17IN4. The van der Waals surface area contributed by atoms with Crippen molar-refractivity contribution >= 4 is 22.6 Å². The average molecular weight is 356 g/mol. The Labute approximate surface area is 121 Å². The zero-order valence-corrected chi connectivity index (χ0v) is 12.5. The molecule has 0 fully saturated rings. The van der Waals surface area contributed by atoms with Gasteiger partial charge in [0.1, 0.15) is 5.82 Å². The molecule has 5 heteroatoms. The van der Waals surface area contributed by atoms with E-state index in [2.05, 4.69) is 57.3 Å². The lowest BCUT2D eigenvalue weighted by Crippen LogP contribution is -2.28. The molecule has 0 aliphatic carbocycles. The van der Waals surface area contributed by atoms with Crippen molar-refractivity contribution in [1.82, 2.24) is 15.0 Å². The van der Waals surface area contributed by atoms with Crippen molar-refractivity contribution in [2.24, 2.45) is 12.9 Å². The number of benzene rings is 1. The Morgan fingerprint density at radius 2 is 2.33 bits per heavy atom. The minimum absolute atomic E-state index is 0.163. The summed E-state index contributed by atoms with van der Waals surface area (Å²) in [6.45, 7) is 0. The Bertz CT molecular complexity index is 509. The van der Waals surface area contributed by atoms with Crippen LogP contribution in [0.2, 0.25) is 0 Å². The number of hydrazine groups is 1. The van der Waals surface area contributed by atoms with Crippen molar-refractivity contribution < 1.29 is 0 Å². The summed E-state index contributed by atoms with van der Waals surface area (Å²) in [6, 6.07) is 8.56. The fraction of sp³-hybridized carbons (Fsp3) is 0.308. The fourth-order valence-electron chi connectivity index (χ4n) is 1.98. The van der Waals surface area contributed by atoms with Crippen LogP contribution in [0.5, 0.6) is 0 Å². The number of nitrogens with zero attached hydrogens (tertiary/aromatic N) is 2. The predicted molar refractivity (Wildman–Crippen MR) is 80.8 cm³/mol. The number of nitrogens with two attached hydrogens (primary N) is 1. The molecule has 96 valence electrons. The molecule has 18 heavy (non-hydrogen) atoms. The average Bonchev–Trinajstić information content (AvgIpc) is 2.76. The molecule has 2 aromatic rings. The van der Waals surface area contributed by atoms with Crippen molar-refractivity contribution in [3.8, 4) is 0 Å². The third kappa shape index (κ3) is 3.30. The zero-order valence-electron chi connectivity index (χ0n) is 10.3. The molecule has 0 amide bonds. The second-order valence-corrected chi connectivity index (χ2v) is 5.51. The summed E-state index contributed by atoms with van der Waals surface area (Å²) >= 11 is 2.31. The van der Waals surface area contributed by atoms with Gasteiger partial charge in [-0.1, -0.05) is 12.1 Å². The summed E-state index contributed by atoms with van der Waals surface area (Å²) in [4.78, 5) is 4.33. The van der Waals surface area contributed by atoms with Gasteiger partial charge in [0.05, 0.1) is 0 Å². The molecule has 2 rings (SSSR count). The summed E-state index contributed by atoms with van der Waals surface area (Å²) in [5, 5.41) is 0. The Morgan fingerprint density at radius 3 is 2.94 bits per heavy atom. The summed E-state index contributed by atoms with van der Waals surface area (Å²) in [6.07, 6.45) is 5.63. The molecule has 0 saturated carbocycles. The van der Waals surface area contributed by atoms with E-state index >= 15 is 0 Å². The van der Waals surface area contributed by atoms with Gasteiger partial charge < -0.3 is 4.57 Å². The van der Waals surface area contributed by atoms with Crippen LogP contribution in [0.4, 0.5) is 0 Å². The molecule has 0 saturated heterocycles. The molecule has 0 spiro atoms. The minimum atomic E-state index is 0.163. The number of aromatic nitrogens is 2. The van der Waals surface area contributed by atoms with Crippen LogP contribution in [0, 0.1) is 3.57 Å². The summed E-state index contributed by atoms with van der Waals surface area (Å²) in [5.74, 6) is 6.74. The van der Waals surface area contributed by atoms with Crippen molar-refractivity contribution in [2.75, 3.05) is 0 Å². The second kappa shape index (κ2) is 6.31. The fourth-order valence-corrected chi connectivity index (χ4v) is 2.55. The van der Waals surface area contributed by atoms with Gasteiger partial charge >= 0.3 is 0 Å². The molecule has 0 aliphatic heterocycles. The maximum Gasteiger partial charge on any atom is 0.108 e. The molecule has 0 aliphatic rings. The summed E-state index contributed by atoms with van der Waals surface area (Å²) < 4.78 is 3.27. The van der Waals surface area contributed by atoms with E-state index in [1.165, 1.54) is 9.13 Å². The second-order valence-electron chi connectivity index (χ2n) is 4.27. The highest BCUT2D eigenvalue weighted by Gasteiger charge is 2.11. The molecule has 1 aromatic carbocycles. The predicted octanol–water partition coefficient (Wildman–Crippen LogP) is 2.16. The summed E-state index contributed by atoms with van der Waals surface area (Å²) in [5.41, 5.74) is 4.11. The third-order valence-corrected chi connectivity index (χ3v) is 3.70. The van der Waals surface area contributed by atoms with Crippen LogP contribution in [0.1, 0.15) is 23.9 Å². The molecule has 1 aromatic heterocycles. The van der Waals surface area contributed by atoms with Gasteiger partial charge in [-0.15, -0.1) is 0 Å². The highest BCUT2D eigenvalue weighted by molar-refractivity contribution is 14.1. The van der Waals surface area contributed by atoms with Crippen LogP contribution < -0.4 is 11.3 Å². The highest BCUT2D eigenvalue weighted by atomic mass is 127. The maximum atomic E-state index is 5.65. The van der Waals surface area contributed by atoms with Crippen LogP contribution in [0.25, 0.3) is 0 Å². The number of hydrogen-bond donors (Lipinski definition) is 2. The molecule has 1 atom stereocenters. The molecule has 1 unspecified atom stereocenters. The normalized spacial score (nSPS) is 12.6. The van der Waals surface area contributed by atoms with Crippen molar-refractivity contribution in [3.05, 3.63) is 51.6 Å². The monoisotopic (exact) mass is 356 g/mol. The van der Waals surface area contributed by atoms with Crippen LogP contribution in [-0.4, -0.2) is 9.55 Å². The standard InChI is InChI=1S/C13H17IN4/c1-18-8-7-16-13(18)6-5-12(17-15)10-3-2-4-11(14)9-10/h2-4,7-9,12,17H,5-6,15H2,1H3. The van der Waals surface area contributed by atoms with E-state index in [0.717, 1.165) is 18.7 Å². The van der Waals surface area contributed by atoms with Gasteiger partial charge in [0.25, 0.3) is 0 Å². The van der Waals surface area contributed by atoms with E-state index < -0.39 is 0 Å². The third-order valence-electron chi connectivity index (χ3n) is 3.03.